The average Bonchev–Trinajstić information content (AvgIpc) is 2.84. The predicted octanol–water partition coefficient (Wildman–Crippen LogP) is 7.21. The lowest BCUT2D eigenvalue weighted by atomic mass is 10.2. The Kier molecular flexibility index (Phi) is 7.58. The molecule has 4 aromatic carbocycles. The van der Waals surface area contributed by atoms with E-state index in [1.807, 2.05) is 85.8 Å². The molecule has 0 aromatic heterocycles. The van der Waals surface area contributed by atoms with E-state index in [1.165, 1.54) is 0 Å². The number of amides is 1. The third-order valence-corrected chi connectivity index (χ3v) is 5.04. The van der Waals surface area contributed by atoms with Gasteiger partial charge in [0.2, 0.25) is 0 Å². The molecule has 0 radical (unpaired) electrons. The molecule has 4 rings (SSSR count). The van der Waals surface area contributed by atoms with Crippen LogP contribution in [0.25, 0.3) is 0 Å². The number of anilines is 1. The Morgan fingerprint density at radius 3 is 2.44 bits per heavy atom. The van der Waals surface area contributed by atoms with Crippen molar-refractivity contribution in [2.45, 2.75) is 6.92 Å². The largest absolute Gasteiger partial charge is 0.483 e. The van der Waals surface area contributed by atoms with Gasteiger partial charge in [0.1, 0.15) is 17.2 Å². The number of hydrogen-bond donors (Lipinski definition) is 1. The molecule has 0 atom stereocenters. The summed E-state index contributed by atoms with van der Waals surface area (Å²) in [6.45, 7) is 1.83. The van der Waals surface area contributed by atoms with Gasteiger partial charge in [0.15, 0.2) is 6.61 Å². The molecule has 0 unspecified atom stereocenters. The zero-order valence-corrected chi connectivity index (χ0v) is 19.3. The Hall–Kier alpha value is -4.09. The molecule has 1 N–H and O–H groups in total. The van der Waals surface area contributed by atoms with Crippen LogP contribution in [0.1, 0.15) is 11.1 Å². The Balaban J connectivity index is 1.40. The highest BCUT2D eigenvalue weighted by atomic mass is 35.5. The zero-order chi connectivity index (χ0) is 23.8. The number of para-hydroxylation sites is 1. The van der Waals surface area contributed by atoms with Crippen LogP contribution in [0, 0.1) is 6.92 Å². The van der Waals surface area contributed by atoms with E-state index in [4.69, 9.17) is 21.1 Å². The maximum Gasteiger partial charge on any atom is 0.262 e. The second-order valence-electron chi connectivity index (χ2n) is 7.56. The van der Waals surface area contributed by atoms with Crippen LogP contribution in [-0.4, -0.2) is 18.7 Å². The lowest BCUT2D eigenvalue weighted by molar-refractivity contribution is -0.118. The van der Waals surface area contributed by atoms with E-state index in [-0.39, 0.29) is 12.5 Å². The number of benzene rings is 4. The number of halogens is 1. The summed E-state index contributed by atoms with van der Waals surface area (Å²) in [4.78, 5) is 16.8. The van der Waals surface area contributed by atoms with Crippen LogP contribution in [-0.2, 0) is 4.79 Å². The number of ether oxygens (including phenoxy) is 2. The molecule has 0 saturated heterocycles. The number of carbonyl (C=O) groups is 1. The van der Waals surface area contributed by atoms with Crippen LogP contribution >= 0.6 is 11.6 Å². The summed E-state index contributed by atoms with van der Waals surface area (Å²) >= 11 is 6.17. The highest BCUT2D eigenvalue weighted by Crippen LogP contribution is 2.25. The topological polar surface area (TPSA) is 59.9 Å². The van der Waals surface area contributed by atoms with Crippen molar-refractivity contribution < 1.29 is 14.3 Å². The molecule has 5 nitrogen and oxygen atoms in total. The minimum absolute atomic E-state index is 0.137. The lowest BCUT2D eigenvalue weighted by Crippen LogP contribution is -2.20. The standard InChI is InChI=1S/C28H23ClN2O3/c1-20-6-5-7-24(16-20)31-28(32)19-33-27-15-10-22(29)17-21(27)18-30-23-11-13-26(14-12-23)34-25-8-3-2-4-9-25/h2-18H,19H2,1H3,(H,31,32). The van der Waals surface area contributed by atoms with Gasteiger partial charge in [-0.25, -0.2) is 0 Å². The maximum atomic E-state index is 12.3. The molecule has 0 aliphatic heterocycles. The minimum atomic E-state index is -0.252. The fourth-order valence-corrected chi connectivity index (χ4v) is 3.36. The highest BCUT2D eigenvalue weighted by Gasteiger charge is 2.08. The van der Waals surface area contributed by atoms with Crippen LogP contribution in [0.5, 0.6) is 17.2 Å². The molecule has 0 aliphatic rings. The minimum Gasteiger partial charge on any atom is -0.483 e. The number of rotatable bonds is 8. The molecule has 0 saturated carbocycles. The second kappa shape index (κ2) is 11.2. The van der Waals surface area contributed by atoms with Gasteiger partial charge in [-0.2, -0.15) is 0 Å². The molecule has 1 amide bonds. The van der Waals surface area contributed by atoms with Gasteiger partial charge in [0.05, 0.1) is 5.69 Å². The van der Waals surface area contributed by atoms with E-state index < -0.39 is 0 Å². The quantitative estimate of drug-likeness (QED) is 0.277. The third-order valence-electron chi connectivity index (χ3n) is 4.80. The monoisotopic (exact) mass is 470 g/mol. The van der Waals surface area contributed by atoms with Crippen molar-refractivity contribution in [3.05, 3.63) is 113 Å². The van der Waals surface area contributed by atoms with E-state index in [1.54, 1.807) is 24.4 Å². The summed E-state index contributed by atoms with van der Waals surface area (Å²) in [6, 6.07) is 29.8. The first-order valence-corrected chi connectivity index (χ1v) is 11.1. The van der Waals surface area contributed by atoms with Gasteiger partial charge in [0.25, 0.3) is 5.91 Å². The van der Waals surface area contributed by atoms with Gasteiger partial charge in [-0.1, -0.05) is 41.9 Å². The summed E-state index contributed by atoms with van der Waals surface area (Å²) in [5.74, 6) is 1.75. The summed E-state index contributed by atoms with van der Waals surface area (Å²) < 4.78 is 11.6. The first kappa shape index (κ1) is 23.1. The molecule has 0 fully saturated rings. The molecule has 6 heteroatoms. The number of carbonyl (C=O) groups excluding carboxylic acids is 1. The van der Waals surface area contributed by atoms with Gasteiger partial charge < -0.3 is 14.8 Å². The van der Waals surface area contributed by atoms with Crippen molar-refractivity contribution in [2.75, 3.05) is 11.9 Å². The SMILES string of the molecule is Cc1cccc(NC(=O)COc2ccc(Cl)cc2C=Nc2ccc(Oc3ccccc3)cc2)c1. The first-order valence-electron chi connectivity index (χ1n) is 10.7. The van der Waals surface area contributed by atoms with Crippen LogP contribution in [0.3, 0.4) is 0 Å². The van der Waals surface area contributed by atoms with E-state index in [0.29, 0.717) is 16.3 Å². The molecular weight excluding hydrogens is 448 g/mol. The van der Waals surface area contributed by atoms with Gasteiger partial charge in [-0.15, -0.1) is 0 Å². The van der Waals surface area contributed by atoms with Gasteiger partial charge in [0, 0.05) is 22.5 Å². The molecule has 4 aromatic rings. The van der Waals surface area contributed by atoms with Crippen molar-refractivity contribution in [2.24, 2.45) is 4.99 Å². The summed E-state index contributed by atoms with van der Waals surface area (Å²) in [5.41, 5.74) is 3.20. The maximum absolute atomic E-state index is 12.3. The lowest BCUT2D eigenvalue weighted by Gasteiger charge is -2.10. The Labute approximate surface area is 203 Å². The smallest absolute Gasteiger partial charge is 0.262 e. The summed E-state index contributed by atoms with van der Waals surface area (Å²) in [6.07, 6.45) is 1.66. The van der Waals surface area contributed by atoms with Crippen molar-refractivity contribution in [3.8, 4) is 17.2 Å². The van der Waals surface area contributed by atoms with Crippen LogP contribution in [0.4, 0.5) is 11.4 Å². The number of nitrogens with zero attached hydrogens (tertiary/aromatic N) is 1. The average molecular weight is 471 g/mol. The molecular formula is C28H23ClN2O3. The Morgan fingerprint density at radius 1 is 0.912 bits per heavy atom. The Morgan fingerprint density at radius 2 is 1.68 bits per heavy atom. The highest BCUT2D eigenvalue weighted by molar-refractivity contribution is 6.30. The molecule has 0 aliphatic carbocycles. The summed E-state index contributed by atoms with van der Waals surface area (Å²) in [5, 5.41) is 3.37. The van der Waals surface area contributed by atoms with Crippen LogP contribution < -0.4 is 14.8 Å². The van der Waals surface area contributed by atoms with Gasteiger partial charge >= 0.3 is 0 Å². The van der Waals surface area contributed by atoms with Crippen LogP contribution in [0.2, 0.25) is 5.02 Å². The van der Waals surface area contributed by atoms with Crippen molar-refractivity contribution in [1.82, 2.24) is 0 Å². The number of aliphatic imine (C=N–C) groups is 1. The molecule has 0 heterocycles. The number of hydrogen-bond acceptors (Lipinski definition) is 4. The van der Waals surface area contributed by atoms with E-state index >= 15 is 0 Å². The van der Waals surface area contributed by atoms with Crippen molar-refractivity contribution in [3.63, 3.8) is 0 Å². The number of nitrogens with one attached hydrogen (secondary N) is 1. The van der Waals surface area contributed by atoms with Crippen molar-refractivity contribution in [1.29, 1.82) is 0 Å². The summed E-state index contributed by atoms with van der Waals surface area (Å²) in [7, 11) is 0. The molecule has 0 spiro atoms. The normalized spacial score (nSPS) is 10.8. The van der Waals surface area contributed by atoms with E-state index in [2.05, 4.69) is 10.3 Å². The van der Waals surface area contributed by atoms with E-state index in [9.17, 15) is 4.79 Å². The molecule has 34 heavy (non-hydrogen) atoms. The fraction of sp³-hybridized carbons (Fsp3) is 0.0714. The first-order chi connectivity index (χ1) is 16.5. The molecule has 170 valence electrons. The second-order valence-corrected chi connectivity index (χ2v) is 7.99. The van der Waals surface area contributed by atoms with Gasteiger partial charge in [-0.05, 0) is 79.2 Å². The molecule has 0 bridgehead atoms. The van der Waals surface area contributed by atoms with E-state index in [0.717, 1.165) is 28.4 Å². The number of aryl methyl sites for hydroxylation is 1. The zero-order valence-electron chi connectivity index (χ0n) is 18.6. The van der Waals surface area contributed by atoms with Crippen LogP contribution in [0.15, 0.2) is 102 Å². The predicted molar refractivity (Wildman–Crippen MR) is 137 cm³/mol. The Bertz CT molecular complexity index is 1290. The van der Waals surface area contributed by atoms with Gasteiger partial charge in [-0.3, -0.25) is 9.79 Å². The van der Waals surface area contributed by atoms with Crippen molar-refractivity contribution >= 4 is 35.1 Å². The third kappa shape index (κ3) is 6.70. The fourth-order valence-electron chi connectivity index (χ4n) is 3.18.